The minimum absolute atomic E-state index is 0.0422. The van der Waals surface area contributed by atoms with E-state index in [4.69, 9.17) is 14.2 Å². The lowest BCUT2D eigenvalue weighted by Gasteiger charge is -2.48. The Labute approximate surface area is 149 Å². The van der Waals surface area contributed by atoms with Crippen LogP contribution in [0.3, 0.4) is 0 Å². The van der Waals surface area contributed by atoms with Gasteiger partial charge in [-0.25, -0.2) is 4.79 Å². The number of alkyl carbamates (subject to hydrolysis) is 1. The molecule has 4 unspecified atom stereocenters. The van der Waals surface area contributed by atoms with Crippen molar-refractivity contribution in [3.63, 3.8) is 0 Å². The molecule has 2 fully saturated rings. The van der Waals surface area contributed by atoms with Crippen molar-refractivity contribution in [3.8, 4) is 5.75 Å². The molecule has 2 N–H and O–H groups in total. The van der Waals surface area contributed by atoms with Crippen molar-refractivity contribution in [2.45, 2.75) is 57.5 Å². The Morgan fingerprint density at radius 2 is 1.96 bits per heavy atom. The van der Waals surface area contributed by atoms with E-state index in [2.05, 4.69) is 10.6 Å². The standard InChI is InChI=1S/C19H28N2O4/c1-19(2,3)25-18(22)21-15-14-9-10-24-17(14)16(15)20-11-12-5-7-13(23-4)8-6-12/h5-8,14-17,20H,9-11H2,1-4H3,(H,21,22). The number of methoxy groups -OCH3 is 1. The Morgan fingerprint density at radius 1 is 1.24 bits per heavy atom. The van der Waals surface area contributed by atoms with Gasteiger partial charge in [0.05, 0.1) is 25.3 Å². The van der Waals surface area contributed by atoms with Crippen LogP contribution in [0.15, 0.2) is 24.3 Å². The SMILES string of the molecule is COc1ccc(CNC2C(NC(=O)OC(C)(C)C)C3CCOC32)cc1. The molecular weight excluding hydrogens is 320 g/mol. The summed E-state index contributed by atoms with van der Waals surface area (Å²) in [6.45, 7) is 7.08. The van der Waals surface area contributed by atoms with Crippen LogP contribution in [-0.2, 0) is 16.0 Å². The maximum absolute atomic E-state index is 12.1. The summed E-state index contributed by atoms with van der Waals surface area (Å²) in [6.07, 6.45) is 0.781. The highest BCUT2D eigenvalue weighted by atomic mass is 16.6. The number of carbonyl (C=O) groups excluding carboxylic acids is 1. The number of ether oxygens (including phenoxy) is 3. The van der Waals surface area contributed by atoms with Gasteiger partial charge in [-0.2, -0.15) is 0 Å². The molecule has 0 bridgehead atoms. The maximum Gasteiger partial charge on any atom is 0.407 e. The number of fused-ring (bicyclic) bond motifs is 1. The summed E-state index contributed by atoms with van der Waals surface area (Å²) >= 11 is 0. The molecule has 1 amide bonds. The number of carbonyl (C=O) groups is 1. The molecule has 1 aromatic rings. The molecule has 2 aliphatic rings. The largest absolute Gasteiger partial charge is 0.497 e. The Hall–Kier alpha value is -1.79. The molecule has 3 rings (SSSR count). The first kappa shape index (κ1) is 18.0. The quantitative estimate of drug-likeness (QED) is 0.855. The number of amides is 1. The summed E-state index contributed by atoms with van der Waals surface area (Å²) in [5.74, 6) is 1.21. The van der Waals surface area contributed by atoms with Gasteiger partial charge in [-0.05, 0) is 44.9 Å². The fraction of sp³-hybridized carbons (Fsp3) is 0.632. The fourth-order valence-electron chi connectivity index (χ4n) is 3.57. The Morgan fingerprint density at radius 3 is 2.60 bits per heavy atom. The van der Waals surface area contributed by atoms with Gasteiger partial charge in [-0.15, -0.1) is 0 Å². The van der Waals surface area contributed by atoms with E-state index in [0.717, 1.165) is 18.8 Å². The van der Waals surface area contributed by atoms with Crippen LogP contribution in [0.5, 0.6) is 5.75 Å². The van der Waals surface area contributed by atoms with Crippen LogP contribution >= 0.6 is 0 Å². The van der Waals surface area contributed by atoms with E-state index in [1.165, 1.54) is 5.56 Å². The van der Waals surface area contributed by atoms with Crippen molar-refractivity contribution < 1.29 is 19.0 Å². The van der Waals surface area contributed by atoms with Crippen molar-refractivity contribution in [2.24, 2.45) is 5.92 Å². The average Bonchev–Trinajstić information content (AvgIpc) is 2.96. The zero-order valence-electron chi connectivity index (χ0n) is 15.4. The predicted molar refractivity (Wildman–Crippen MR) is 94.6 cm³/mol. The highest BCUT2D eigenvalue weighted by Crippen LogP contribution is 2.39. The van der Waals surface area contributed by atoms with Gasteiger partial charge < -0.3 is 24.8 Å². The van der Waals surface area contributed by atoms with Crippen molar-refractivity contribution in [3.05, 3.63) is 29.8 Å². The fourth-order valence-corrected chi connectivity index (χ4v) is 3.57. The monoisotopic (exact) mass is 348 g/mol. The van der Waals surface area contributed by atoms with Gasteiger partial charge in [0.25, 0.3) is 0 Å². The van der Waals surface area contributed by atoms with Crippen molar-refractivity contribution >= 4 is 6.09 Å². The van der Waals surface area contributed by atoms with Crippen molar-refractivity contribution in [2.75, 3.05) is 13.7 Å². The zero-order valence-corrected chi connectivity index (χ0v) is 15.4. The molecule has 1 aliphatic heterocycles. The molecule has 0 aromatic heterocycles. The van der Waals surface area contributed by atoms with Crippen LogP contribution in [-0.4, -0.2) is 43.6 Å². The van der Waals surface area contributed by atoms with E-state index in [1.54, 1.807) is 7.11 Å². The molecule has 25 heavy (non-hydrogen) atoms. The van der Waals surface area contributed by atoms with Gasteiger partial charge in [-0.3, -0.25) is 0 Å². The van der Waals surface area contributed by atoms with Crippen molar-refractivity contribution in [1.29, 1.82) is 0 Å². The summed E-state index contributed by atoms with van der Waals surface area (Å²) < 4.78 is 16.4. The number of nitrogens with one attached hydrogen (secondary N) is 2. The molecule has 0 spiro atoms. The van der Waals surface area contributed by atoms with Gasteiger partial charge in [0.2, 0.25) is 0 Å². The number of hydrogen-bond acceptors (Lipinski definition) is 5. The maximum atomic E-state index is 12.1. The second-order valence-corrected chi connectivity index (χ2v) is 7.71. The summed E-state index contributed by atoms with van der Waals surface area (Å²) in [5.41, 5.74) is 0.670. The average molecular weight is 348 g/mol. The normalized spacial score (nSPS) is 28.0. The highest BCUT2D eigenvalue weighted by Gasteiger charge is 2.54. The zero-order chi connectivity index (χ0) is 18.0. The number of benzene rings is 1. The Bertz CT molecular complexity index is 596. The minimum atomic E-state index is -0.495. The van der Waals surface area contributed by atoms with Gasteiger partial charge >= 0.3 is 6.09 Å². The number of rotatable bonds is 5. The van der Waals surface area contributed by atoms with Gasteiger partial charge in [0, 0.05) is 19.1 Å². The Kier molecular flexibility index (Phi) is 5.20. The molecule has 6 nitrogen and oxygen atoms in total. The first-order chi connectivity index (χ1) is 11.9. The second kappa shape index (κ2) is 7.22. The number of hydrogen-bond donors (Lipinski definition) is 2. The second-order valence-electron chi connectivity index (χ2n) is 7.71. The summed E-state index contributed by atoms with van der Waals surface area (Å²) in [6, 6.07) is 8.11. The van der Waals surface area contributed by atoms with E-state index in [-0.39, 0.29) is 24.3 Å². The van der Waals surface area contributed by atoms with E-state index in [1.807, 2.05) is 45.0 Å². The van der Waals surface area contributed by atoms with E-state index >= 15 is 0 Å². The first-order valence-electron chi connectivity index (χ1n) is 8.85. The lowest BCUT2D eigenvalue weighted by atomic mass is 9.71. The van der Waals surface area contributed by atoms with Crippen LogP contribution in [0.1, 0.15) is 32.8 Å². The summed E-state index contributed by atoms with van der Waals surface area (Å²) in [7, 11) is 1.66. The van der Waals surface area contributed by atoms with Crippen LogP contribution in [0.2, 0.25) is 0 Å². The van der Waals surface area contributed by atoms with E-state index in [0.29, 0.717) is 12.5 Å². The molecule has 4 atom stereocenters. The Balaban J connectivity index is 1.57. The summed E-state index contributed by atoms with van der Waals surface area (Å²) in [5, 5.41) is 6.55. The third-order valence-electron chi connectivity index (χ3n) is 4.77. The lowest BCUT2D eigenvalue weighted by molar-refractivity contribution is -0.0344. The van der Waals surface area contributed by atoms with Gasteiger partial charge in [-0.1, -0.05) is 12.1 Å². The van der Waals surface area contributed by atoms with E-state index < -0.39 is 5.60 Å². The van der Waals surface area contributed by atoms with Crippen LogP contribution < -0.4 is 15.4 Å². The van der Waals surface area contributed by atoms with E-state index in [9.17, 15) is 4.79 Å². The lowest BCUT2D eigenvalue weighted by Crippen LogP contribution is -2.70. The third-order valence-corrected chi connectivity index (χ3v) is 4.77. The molecule has 1 aliphatic carbocycles. The smallest absolute Gasteiger partial charge is 0.407 e. The van der Waals surface area contributed by atoms with Gasteiger partial charge in [0.1, 0.15) is 11.4 Å². The topological polar surface area (TPSA) is 68.8 Å². The minimum Gasteiger partial charge on any atom is -0.497 e. The summed E-state index contributed by atoms with van der Waals surface area (Å²) in [4.78, 5) is 12.1. The van der Waals surface area contributed by atoms with Gasteiger partial charge in [0.15, 0.2) is 0 Å². The molecule has 1 saturated carbocycles. The molecule has 1 aromatic carbocycles. The molecule has 1 heterocycles. The molecular formula is C19H28N2O4. The molecule has 1 saturated heterocycles. The van der Waals surface area contributed by atoms with Crippen LogP contribution in [0.4, 0.5) is 4.79 Å². The molecule has 6 heteroatoms. The van der Waals surface area contributed by atoms with Crippen LogP contribution in [0, 0.1) is 5.92 Å². The molecule has 138 valence electrons. The van der Waals surface area contributed by atoms with Crippen LogP contribution in [0.25, 0.3) is 0 Å². The van der Waals surface area contributed by atoms with Crippen molar-refractivity contribution in [1.82, 2.24) is 10.6 Å². The highest BCUT2D eigenvalue weighted by molar-refractivity contribution is 5.68. The predicted octanol–water partition coefficient (Wildman–Crippen LogP) is 2.47. The third kappa shape index (κ3) is 4.25. The molecule has 0 radical (unpaired) electrons. The first-order valence-corrected chi connectivity index (χ1v) is 8.85.